The molecule has 13 heavy (non-hydrogen) atoms. The Balaban J connectivity index is 3.56. The Labute approximate surface area is 78.5 Å². The van der Waals surface area contributed by atoms with Gasteiger partial charge < -0.3 is 20.5 Å². The summed E-state index contributed by atoms with van der Waals surface area (Å²) in [5, 5.41) is 14.6. The van der Waals surface area contributed by atoms with Crippen molar-refractivity contribution in [1.29, 1.82) is 0 Å². The largest absolute Gasteiger partial charge is 0.389 e. The molecule has 0 fully saturated rings. The van der Waals surface area contributed by atoms with Crippen LogP contribution < -0.4 is 10.6 Å². The minimum atomic E-state index is -0.572. The number of amides is 1. The number of rotatable bonds is 6. The first-order valence-corrected chi connectivity index (χ1v) is 4.23. The van der Waals surface area contributed by atoms with Crippen molar-refractivity contribution < 1.29 is 14.6 Å². The Kier molecular flexibility index (Phi) is 6.48. The molecule has 2 atom stereocenters. The summed E-state index contributed by atoms with van der Waals surface area (Å²) in [6.45, 7) is 2.36. The van der Waals surface area contributed by atoms with E-state index >= 15 is 0 Å². The summed E-state index contributed by atoms with van der Waals surface area (Å²) in [5.41, 5.74) is 0. The zero-order chi connectivity index (χ0) is 10.3. The Morgan fingerprint density at radius 1 is 1.62 bits per heavy atom. The van der Waals surface area contributed by atoms with Crippen molar-refractivity contribution in [3.8, 4) is 0 Å². The lowest BCUT2D eigenvalue weighted by Crippen LogP contribution is -2.44. The Morgan fingerprint density at radius 3 is 2.69 bits per heavy atom. The molecule has 5 nitrogen and oxygen atoms in total. The van der Waals surface area contributed by atoms with Crippen molar-refractivity contribution in [3.63, 3.8) is 0 Å². The first kappa shape index (κ1) is 12.3. The first-order valence-electron chi connectivity index (χ1n) is 4.23. The molecule has 0 saturated heterocycles. The fourth-order valence-electron chi connectivity index (χ4n) is 0.873. The van der Waals surface area contributed by atoms with Crippen LogP contribution in [-0.4, -0.2) is 50.5 Å². The van der Waals surface area contributed by atoms with E-state index in [0.717, 1.165) is 0 Å². The summed E-state index contributed by atoms with van der Waals surface area (Å²) >= 11 is 0. The van der Waals surface area contributed by atoms with Gasteiger partial charge >= 0.3 is 0 Å². The van der Waals surface area contributed by atoms with Crippen LogP contribution >= 0.6 is 0 Å². The number of hydrogen-bond acceptors (Lipinski definition) is 4. The van der Waals surface area contributed by atoms with Crippen molar-refractivity contribution in [2.24, 2.45) is 0 Å². The molecule has 0 saturated carbocycles. The van der Waals surface area contributed by atoms with Crippen LogP contribution in [0.3, 0.4) is 0 Å². The molecule has 0 aromatic heterocycles. The standard InChI is InChI=1S/C8H18N2O3/c1-6(8(12)9-2)10-4-7(11)5-13-3/h6-7,10-11H,4-5H2,1-3H3,(H,9,12). The quantitative estimate of drug-likeness (QED) is 0.488. The molecule has 2 unspecified atom stereocenters. The van der Waals surface area contributed by atoms with Crippen LogP contribution in [-0.2, 0) is 9.53 Å². The Morgan fingerprint density at radius 2 is 2.23 bits per heavy atom. The molecule has 3 N–H and O–H groups in total. The Hall–Kier alpha value is -0.650. The number of methoxy groups -OCH3 is 1. The second kappa shape index (κ2) is 6.82. The molecule has 78 valence electrons. The third-order valence-electron chi connectivity index (χ3n) is 1.66. The lowest BCUT2D eigenvalue weighted by Gasteiger charge is -2.15. The second-order valence-electron chi connectivity index (χ2n) is 2.85. The van der Waals surface area contributed by atoms with Gasteiger partial charge in [-0.2, -0.15) is 0 Å². The zero-order valence-corrected chi connectivity index (χ0v) is 8.33. The number of aliphatic hydroxyl groups excluding tert-OH is 1. The summed E-state index contributed by atoms with van der Waals surface area (Å²) < 4.78 is 4.73. The predicted octanol–water partition coefficient (Wildman–Crippen LogP) is -1.28. The number of nitrogens with one attached hydrogen (secondary N) is 2. The smallest absolute Gasteiger partial charge is 0.236 e. The molecule has 0 radical (unpaired) electrons. The molecular weight excluding hydrogens is 172 g/mol. The molecule has 0 aliphatic rings. The highest BCUT2D eigenvalue weighted by Crippen LogP contribution is 1.85. The van der Waals surface area contributed by atoms with Gasteiger partial charge in [-0.15, -0.1) is 0 Å². The number of likely N-dealkylation sites (N-methyl/N-ethyl adjacent to an activating group) is 1. The van der Waals surface area contributed by atoms with Crippen LogP contribution in [0.1, 0.15) is 6.92 Å². The van der Waals surface area contributed by atoms with Crippen molar-refractivity contribution in [1.82, 2.24) is 10.6 Å². The lowest BCUT2D eigenvalue weighted by molar-refractivity contribution is -0.122. The highest BCUT2D eigenvalue weighted by molar-refractivity contribution is 5.80. The van der Waals surface area contributed by atoms with Gasteiger partial charge in [0.25, 0.3) is 0 Å². The van der Waals surface area contributed by atoms with Gasteiger partial charge in [-0.05, 0) is 6.92 Å². The fraction of sp³-hybridized carbons (Fsp3) is 0.875. The molecule has 0 aromatic carbocycles. The van der Waals surface area contributed by atoms with Crippen LogP contribution in [0, 0.1) is 0 Å². The van der Waals surface area contributed by atoms with E-state index in [1.54, 1.807) is 14.0 Å². The van der Waals surface area contributed by atoms with E-state index in [2.05, 4.69) is 10.6 Å². The number of carbonyl (C=O) groups is 1. The number of carbonyl (C=O) groups excluding carboxylic acids is 1. The van der Waals surface area contributed by atoms with Gasteiger partial charge in [0.05, 0.1) is 18.8 Å². The molecule has 0 aromatic rings. The van der Waals surface area contributed by atoms with Crippen molar-refractivity contribution in [2.75, 3.05) is 27.3 Å². The van der Waals surface area contributed by atoms with E-state index in [-0.39, 0.29) is 18.6 Å². The normalized spacial score (nSPS) is 15.1. The summed E-state index contributed by atoms with van der Waals surface area (Å²) in [7, 11) is 3.09. The molecular formula is C8H18N2O3. The topological polar surface area (TPSA) is 70.6 Å². The van der Waals surface area contributed by atoms with Crippen molar-refractivity contribution >= 4 is 5.91 Å². The van der Waals surface area contributed by atoms with E-state index in [4.69, 9.17) is 4.74 Å². The molecule has 0 rings (SSSR count). The van der Waals surface area contributed by atoms with Gasteiger partial charge in [0, 0.05) is 20.7 Å². The van der Waals surface area contributed by atoms with Gasteiger partial charge in [0.1, 0.15) is 0 Å². The summed E-state index contributed by atoms with van der Waals surface area (Å²) in [4.78, 5) is 11.0. The maximum Gasteiger partial charge on any atom is 0.236 e. The molecule has 0 heterocycles. The highest BCUT2D eigenvalue weighted by atomic mass is 16.5. The van der Waals surface area contributed by atoms with Crippen molar-refractivity contribution in [3.05, 3.63) is 0 Å². The summed E-state index contributed by atoms with van der Waals surface area (Å²) in [5.74, 6) is -0.0929. The molecule has 0 bridgehead atoms. The maximum atomic E-state index is 11.0. The van der Waals surface area contributed by atoms with Gasteiger partial charge in [0.15, 0.2) is 0 Å². The molecule has 0 spiro atoms. The minimum Gasteiger partial charge on any atom is -0.389 e. The Bertz CT molecular complexity index is 152. The lowest BCUT2D eigenvalue weighted by atomic mass is 10.3. The summed E-state index contributed by atoms with van der Waals surface area (Å²) in [6.07, 6.45) is -0.572. The number of aliphatic hydroxyl groups is 1. The average Bonchev–Trinajstić information content (AvgIpc) is 2.13. The molecule has 0 aliphatic carbocycles. The molecule has 0 aliphatic heterocycles. The van der Waals surface area contributed by atoms with E-state index < -0.39 is 6.10 Å². The van der Waals surface area contributed by atoms with Gasteiger partial charge in [-0.1, -0.05) is 0 Å². The van der Waals surface area contributed by atoms with Gasteiger partial charge in [-0.25, -0.2) is 0 Å². The highest BCUT2D eigenvalue weighted by Gasteiger charge is 2.11. The fourth-order valence-corrected chi connectivity index (χ4v) is 0.873. The SMILES string of the molecule is CNC(=O)C(C)NCC(O)COC. The first-order chi connectivity index (χ1) is 6.11. The average molecular weight is 190 g/mol. The third kappa shape index (κ3) is 5.57. The molecule has 1 amide bonds. The minimum absolute atomic E-state index is 0.0929. The summed E-state index contributed by atoms with van der Waals surface area (Å²) in [6, 6.07) is -0.295. The van der Waals surface area contributed by atoms with E-state index in [1.807, 2.05) is 0 Å². The third-order valence-corrected chi connectivity index (χ3v) is 1.66. The van der Waals surface area contributed by atoms with Crippen LogP contribution in [0.15, 0.2) is 0 Å². The number of ether oxygens (including phenoxy) is 1. The molecule has 5 heteroatoms. The van der Waals surface area contributed by atoms with Crippen LogP contribution in [0.2, 0.25) is 0 Å². The predicted molar refractivity (Wildman–Crippen MR) is 49.4 cm³/mol. The second-order valence-corrected chi connectivity index (χ2v) is 2.85. The van der Waals surface area contributed by atoms with Crippen molar-refractivity contribution in [2.45, 2.75) is 19.1 Å². The van der Waals surface area contributed by atoms with Crippen LogP contribution in [0.4, 0.5) is 0 Å². The number of hydrogen-bond donors (Lipinski definition) is 3. The van der Waals surface area contributed by atoms with E-state index in [0.29, 0.717) is 6.54 Å². The van der Waals surface area contributed by atoms with Crippen LogP contribution in [0.25, 0.3) is 0 Å². The van der Waals surface area contributed by atoms with Gasteiger partial charge in [0.2, 0.25) is 5.91 Å². The van der Waals surface area contributed by atoms with E-state index in [1.165, 1.54) is 7.11 Å². The zero-order valence-electron chi connectivity index (χ0n) is 8.33. The monoisotopic (exact) mass is 190 g/mol. The van der Waals surface area contributed by atoms with E-state index in [9.17, 15) is 9.90 Å². The maximum absolute atomic E-state index is 11.0. The van der Waals surface area contributed by atoms with Crippen LogP contribution in [0.5, 0.6) is 0 Å². The van der Waals surface area contributed by atoms with Gasteiger partial charge in [-0.3, -0.25) is 4.79 Å².